The van der Waals surface area contributed by atoms with E-state index in [-0.39, 0.29) is 0 Å². The highest BCUT2D eigenvalue weighted by Crippen LogP contribution is 2.12. The van der Waals surface area contributed by atoms with Crippen molar-refractivity contribution >= 4 is 17.5 Å². The van der Waals surface area contributed by atoms with Gasteiger partial charge in [0.15, 0.2) is 0 Å². The van der Waals surface area contributed by atoms with Gasteiger partial charge in [0.1, 0.15) is 0 Å². The highest BCUT2D eigenvalue weighted by atomic mass is 35.5. The molecule has 0 N–H and O–H groups in total. The lowest BCUT2D eigenvalue weighted by Crippen LogP contribution is -2.25. The Morgan fingerprint density at radius 3 is 2.47 bits per heavy atom. The van der Waals surface area contributed by atoms with Crippen LogP contribution in [0.15, 0.2) is 6.20 Å². The molecule has 1 aromatic heterocycles. The molecule has 0 bridgehead atoms. The van der Waals surface area contributed by atoms with Crippen LogP contribution in [-0.4, -0.2) is 49.1 Å². The van der Waals surface area contributed by atoms with E-state index in [0.717, 1.165) is 36.7 Å². The fraction of sp³-hybridized carbons (Fsp3) is 0.667. The van der Waals surface area contributed by atoms with Gasteiger partial charge in [-0.05, 0) is 34.0 Å². The standard InChI is InChI=1S/C12H21ClN4/c1-10-11(8-13)9-14-12(15-10)17(4)7-5-6-16(2)3/h9H,5-8H2,1-4H3. The zero-order valence-electron chi connectivity index (χ0n) is 11.1. The third-order valence-corrected chi connectivity index (χ3v) is 2.94. The van der Waals surface area contributed by atoms with Gasteiger partial charge in [-0.2, -0.15) is 0 Å². The van der Waals surface area contributed by atoms with Crippen molar-refractivity contribution in [1.82, 2.24) is 14.9 Å². The molecule has 5 heteroatoms. The maximum atomic E-state index is 5.78. The van der Waals surface area contributed by atoms with Gasteiger partial charge in [0.05, 0.1) is 5.88 Å². The zero-order chi connectivity index (χ0) is 12.8. The van der Waals surface area contributed by atoms with Gasteiger partial charge in [0.25, 0.3) is 0 Å². The number of hydrogen-bond donors (Lipinski definition) is 0. The molecular formula is C12H21ClN4. The molecule has 0 aliphatic heterocycles. The molecule has 0 radical (unpaired) electrons. The van der Waals surface area contributed by atoms with E-state index >= 15 is 0 Å². The molecule has 17 heavy (non-hydrogen) atoms. The second kappa shape index (κ2) is 6.77. The molecule has 0 fully saturated rings. The Bertz CT molecular complexity index is 354. The summed E-state index contributed by atoms with van der Waals surface area (Å²) < 4.78 is 0. The van der Waals surface area contributed by atoms with Crippen molar-refractivity contribution in [1.29, 1.82) is 0 Å². The molecule has 0 saturated heterocycles. The van der Waals surface area contributed by atoms with E-state index in [1.165, 1.54) is 0 Å². The number of halogens is 1. The average Bonchev–Trinajstić information content (AvgIpc) is 2.28. The monoisotopic (exact) mass is 256 g/mol. The number of aryl methyl sites for hydroxylation is 1. The van der Waals surface area contributed by atoms with Crippen LogP contribution in [0.2, 0.25) is 0 Å². The van der Waals surface area contributed by atoms with Crippen LogP contribution in [-0.2, 0) is 5.88 Å². The molecule has 96 valence electrons. The normalized spacial score (nSPS) is 10.9. The third kappa shape index (κ3) is 4.48. The van der Waals surface area contributed by atoms with Gasteiger partial charge in [-0.1, -0.05) is 0 Å². The highest BCUT2D eigenvalue weighted by Gasteiger charge is 2.06. The van der Waals surface area contributed by atoms with E-state index in [9.17, 15) is 0 Å². The molecule has 0 spiro atoms. The van der Waals surface area contributed by atoms with Crippen LogP contribution in [0.25, 0.3) is 0 Å². The van der Waals surface area contributed by atoms with Crippen LogP contribution < -0.4 is 4.90 Å². The molecule has 0 unspecified atom stereocenters. The Labute approximate surface area is 109 Å². The van der Waals surface area contributed by atoms with E-state index < -0.39 is 0 Å². The van der Waals surface area contributed by atoms with Crippen LogP contribution >= 0.6 is 11.6 Å². The first-order valence-electron chi connectivity index (χ1n) is 5.79. The molecule has 0 aliphatic carbocycles. The van der Waals surface area contributed by atoms with Crippen LogP contribution in [0, 0.1) is 6.92 Å². The SMILES string of the molecule is Cc1nc(N(C)CCCN(C)C)ncc1CCl. The topological polar surface area (TPSA) is 32.3 Å². The zero-order valence-corrected chi connectivity index (χ0v) is 11.8. The van der Waals surface area contributed by atoms with E-state index in [2.05, 4.69) is 33.9 Å². The molecule has 0 atom stereocenters. The van der Waals surface area contributed by atoms with Gasteiger partial charge >= 0.3 is 0 Å². The lowest BCUT2D eigenvalue weighted by Gasteiger charge is -2.19. The Balaban J connectivity index is 2.57. The predicted octanol–water partition coefficient (Wildman–Crippen LogP) is 1.91. The lowest BCUT2D eigenvalue weighted by molar-refractivity contribution is 0.401. The summed E-state index contributed by atoms with van der Waals surface area (Å²) in [4.78, 5) is 13.0. The van der Waals surface area contributed by atoms with E-state index in [1.807, 2.05) is 20.2 Å². The van der Waals surface area contributed by atoms with Gasteiger partial charge < -0.3 is 9.80 Å². The summed E-state index contributed by atoms with van der Waals surface area (Å²) >= 11 is 5.78. The van der Waals surface area contributed by atoms with Crippen molar-refractivity contribution in [2.24, 2.45) is 0 Å². The minimum Gasteiger partial charge on any atom is -0.344 e. The molecular weight excluding hydrogens is 236 g/mol. The number of aromatic nitrogens is 2. The Kier molecular flexibility index (Phi) is 5.65. The Morgan fingerprint density at radius 2 is 1.94 bits per heavy atom. The summed E-state index contributed by atoms with van der Waals surface area (Å²) in [5.41, 5.74) is 1.96. The third-order valence-electron chi connectivity index (χ3n) is 2.65. The maximum absolute atomic E-state index is 5.78. The molecule has 0 saturated carbocycles. The van der Waals surface area contributed by atoms with Crippen molar-refractivity contribution in [3.63, 3.8) is 0 Å². The van der Waals surface area contributed by atoms with Crippen LogP contribution in [0.4, 0.5) is 5.95 Å². The molecule has 0 amide bonds. The largest absolute Gasteiger partial charge is 0.344 e. The minimum atomic E-state index is 0.469. The number of rotatable bonds is 6. The Hall–Kier alpha value is -0.870. The minimum absolute atomic E-state index is 0.469. The van der Waals surface area contributed by atoms with Crippen molar-refractivity contribution in [3.05, 3.63) is 17.5 Å². The molecule has 1 aromatic rings. The van der Waals surface area contributed by atoms with Gasteiger partial charge in [0, 0.05) is 31.0 Å². The summed E-state index contributed by atoms with van der Waals surface area (Å²) in [5, 5.41) is 0. The first kappa shape index (κ1) is 14.2. The first-order chi connectivity index (χ1) is 8.04. The fourth-order valence-corrected chi connectivity index (χ4v) is 1.78. The van der Waals surface area contributed by atoms with Gasteiger partial charge in [0.2, 0.25) is 5.95 Å². The summed E-state index contributed by atoms with van der Waals surface area (Å²) in [6.45, 7) is 4.00. The molecule has 0 aromatic carbocycles. The second-order valence-electron chi connectivity index (χ2n) is 4.49. The predicted molar refractivity (Wildman–Crippen MR) is 72.8 cm³/mol. The van der Waals surface area contributed by atoms with E-state index in [0.29, 0.717) is 5.88 Å². The molecule has 1 heterocycles. The highest BCUT2D eigenvalue weighted by molar-refractivity contribution is 6.17. The van der Waals surface area contributed by atoms with Gasteiger partial charge in [-0.15, -0.1) is 11.6 Å². The second-order valence-corrected chi connectivity index (χ2v) is 4.76. The summed E-state index contributed by atoms with van der Waals surface area (Å²) in [6, 6.07) is 0. The fourth-order valence-electron chi connectivity index (χ4n) is 1.52. The van der Waals surface area contributed by atoms with Crippen molar-refractivity contribution in [2.45, 2.75) is 19.2 Å². The van der Waals surface area contributed by atoms with Crippen molar-refractivity contribution in [2.75, 3.05) is 39.1 Å². The average molecular weight is 257 g/mol. The summed E-state index contributed by atoms with van der Waals surface area (Å²) in [6.07, 6.45) is 2.91. The first-order valence-corrected chi connectivity index (χ1v) is 6.32. The van der Waals surface area contributed by atoms with Crippen molar-refractivity contribution in [3.8, 4) is 0 Å². The van der Waals surface area contributed by atoms with Crippen molar-refractivity contribution < 1.29 is 0 Å². The molecule has 4 nitrogen and oxygen atoms in total. The van der Waals surface area contributed by atoms with Crippen LogP contribution in [0.1, 0.15) is 17.7 Å². The maximum Gasteiger partial charge on any atom is 0.225 e. The smallest absolute Gasteiger partial charge is 0.225 e. The summed E-state index contributed by atoms with van der Waals surface area (Å²) in [5.74, 6) is 1.24. The van der Waals surface area contributed by atoms with Crippen LogP contribution in [0.5, 0.6) is 0 Å². The number of alkyl halides is 1. The number of nitrogens with zero attached hydrogens (tertiary/aromatic N) is 4. The number of anilines is 1. The summed E-state index contributed by atoms with van der Waals surface area (Å²) in [7, 11) is 6.18. The number of hydrogen-bond acceptors (Lipinski definition) is 4. The van der Waals surface area contributed by atoms with Gasteiger partial charge in [-0.3, -0.25) is 0 Å². The van der Waals surface area contributed by atoms with Gasteiger partial charge in [-0.25, -0.2) is 9.97 Å². The lowest BCUT2D eigenvalue weighted by atomic mass is 10.3. The molecule has 0 aliphatic rings. The quantitative estimate of drug-likeness (QED) is 0.728. The van der Waals surface area contributed by atoms with E-state index in [1.54, 1.807) is 0 Å². The Morgan fingerprint density at radius 1 is 1.24 bits per heavy atom. The van der Waals surface area contributed by atoms with Crippen LogP contribution in [0.3, 0.4) is 0 Å². The van der Waals surface area contributed by atoms with E-state index in [4.69, 9.17) is 11.6 Å². The molecule has 1 rings (SSSR count).